The molecule has 2 N–H and O–H groups in total. The van der Waals surface area contributed by atoms with E-state index in [1.165, 1.54) is 4.88 Å². The summed E-state index contributed by atoms with van der Waals surface area (Å²) in [6.07, 6.45) is 2.28. The summed E-state index contributed by atoms with van der Waals surface area (Å²) in [5, 5.41) is 8.83. The van der Waals surface area contributed by atoms with Crippen LogP contribution >= 0.6 is 11.3 Å². The van der Waals surface area contributed by atoms with E-state index in [2.05, 4.69) is 48.9 Å². The summed E-state index contributed by atoms with van der Waals surface area (Å²) in [5.74, 6) is 0.881. The number of nitrogens with zero attached hydrogens (tertiary/aromatic N) is 1. The van der Waals surface area contributed by atoms with Crippen molar-refractivity contribution in [3.05, 3.63) is 22.4 Å². The number of nitrogens with one attached hydrogen (secondary N) is 2. The highest BCUT2D eigenvalue weighted by Gasteiger charge is 2.21. The summed E-state index contributed by atoms with van der Waals surface area (Å²) in [6.45, 7) is 11.4. The summed E-state index contributed by atoms with van der Waals surface area (Å²) >= 11 is 1.79. The van der Waals surface area contributed by atoms with E-state index in [1.54, 1.807) is 11.3 Å². The third kappa shape index (κ3) is 6.42. The molecule has 1 saturated heterocycles. The number of rotatable bonds is 9. The number of aliphatic imine (C=N–C) groups is 1. The molecule has 5 nitrogen and oxygen atoms in total. The second-order valence-electron chi connectivity index (χ2n) is 6.69. The largest absolute Gasteiger partial charge is 0.379 e. The number of ether oxygens (including phenoxy) is 2. The molecule has 2 rings (SSSR count). The van der Waals surface area contributed by atoms with E-state index in [0.717, 1.165) is 58.3 Å². The molecule has 1 aromatic heterocycles. The normalized spacial score (nSPS) is 18.8. The Morgan fingerprint density at radius 3 is 3.00 bits per heavy atom. The predicted octanol–water partition coefficient (Wildman–Crippen LogP) is 2.78. The maximum atomic E-state index is 5.78. The zero-order valence-corrected chi connectivity index (χ0v) is 16.0. The number of thiophene rings is 1. The Balaban J connectivity index is 1.71. The Morgan fingerprint density at radius 1 is 1.46 bits per heavy atom. The van der Waals surface area contributed by atoms with Crippen molar-refractivity contribution >= 4 is 17.3 Å². The molecule has 1 atom stereocenters. The molecular formula is C18H31N3O2S. The molecule has 1 fully saturated rings. The lowest BCUT2D eigenvalue weighted by molar-refractivity contribution is 0.0420. The van der Waals surface area contributed by atoms with Crippen LogP contribution in [0, 0.1) is 0 Å². The minimum atomic E-state index is 0.0576. The van der Waals surface area contributed by atoms with Gasteiger partial charge in [0.25, 0.3) is 0 Å². The number of hydrogen-bond acceptors (Lipinski definition) is 4. The van der Waals surface area contributed by atoms with Gasteiger partial charge in [0.15, 0.2) is 5.96 Å². The average Bonchev–Trinajstić information content (AvgIpc) is 3.25. The van der Waals surface area contributed by atoms with Crippen LogP contribution in [-0.4, -0.2) is 51.5 Å². The van der Waals surface area contributed by atoms with Gasteiger partial charge in [0.05, 0.1) is 19.3 Å². The molecular weight excluding hydrogens is 322 g/mol. The van der Waals surface area contributed by atoms with E-state index in [1.807, 2.05) is 0 Å². The van der Waals surface area contributed by atoms with Gasteiger partial charge in [-0.2, -0.15) is 0 Å². The zero-order valence-electron chi connectivity index (χ0n) is 15.1. The molecule has 2 heterocycles. The Labute approximate surface area is 149 Å². The van der Waals surface area contributed by atoms with E-state index in [-0.39, 0.29) is 5.41 Å². The van der Waals surface area contributed by atoms with Crippen LogP contribution in [0.25, 0.3) is 0 Å². The monoisotopic (exact) mass is 353 g/mol. The van der Waals surface area contributed by atoms with E-state index < -0.39 is 0 Å². The topological polar surface area (TPSA) is 54.9 Å². The first-order chi connectivity index (χ1) is 11.6. The fourth-order valence-electron chi connectivity index (χ4n) is 2.53. The highest BCUT2D eigenvalue weighted by atomic mass is 32.1. The second-order valence-corrected chi connectivity index (χ2v) is 7.64. The maximum Gasteiger partial charge on any atom is 0.191 e. The van der Waals surface area contributed by atoms with Crippen molar-refractivity contribution in [1.82, 2.24) is 10.6 Å². The first-order valence-corrected chi connectivity index (χ1v) is 9.75. The Hall–Kier alpha value is -1.11. The lowest BCUT2D eigenvalue weighted by Crippen LogP contribution is -2.39. The number of hydrogen-bond donors (Lipinski definition) is 2. The lowest BCUT2D eigenvalue weighted by atomic mass is 9.92. The summed E-state index contributed by atoms with van der Waals surface area (Å²) in [6, 6.07) is 4.29. The molecule has 24 heavy (non-hydrogen) atoms. The molecule has 0 saturated carbocycles. The molecule has 136 valence electrons. The van der Waals surface area contributed by atoms with Gasteiger partial charge in [0.1, 0.15) is 0 Å². The summed E-state index contributed by atoms with van der Waals surface area (Å²) in [4.78, 5) is 6.13. The zero-order chi connectivity index (χ0) is 17.3. The minimum Gasteiger partial charge on any atom is -0.379 e. The van der Waals surface area contributed by atoms with Crippen LogP contribution in [0.3, 0.4) is 0 Å². The van der Waals surface area contributed by atoms with Crippen LogP contribution in [0.1, 0.15) is 38.5 Å². The molecule has 0 aromatic carbocycles. The summed E-state index contributed by atoms with van der Waals surface area (Å²) < 4.78 is 11.1. The van der Waals surface area contributed by atoms with Crippen LogP contribution in [-0.2, 0) is 14.9 Å². The van der Waals surface area contributed by atoms with Gasteiger partial charge >= 0.3 is 0 Å². The van der Waals surface area contributed by atoms with Crippen molar-refractivity contribution in [3.63, 3.8) is 0 Å². The second kappa shape index (κ2) is 10.0. The van der Waals surface area contributed by atoms with Crippen LogP contribution in [0.4, 0.5) is 0 Å². The van der Waals surface area contributed by atoms with E-state index in [4.69, 9.17) is 14.5 Å². The van der Waals surface area contributed by atoms with Gasteiger partial charge in [-0.1, -0.05) is 19.9 Å². The van der Waals surface area contributed by atoms with Gasteiger partial charge < -0.3 is 20.1 Å². The Bertz CT molecular complexity index is 482. The van der Waals surface area contributed by atoms with Gasteiger partial charge in [-0.05, 0) is 31.2 Å². The van der Waals surface area contributed by atoms with Crippen molar-refractivity contribution in [2.75, 3.05) is 39.5 Å². The Morgan fingerprint density at radius 2 is 2.33 bits per heavy atom. The molecule has 0 amide bonds. The Kier molecular flexibility index (Phi) is 8.02. The van der Waals surface area contributed by atoms with Gasteiger partial charge in [-0.15, -0.1) is 11.3 Å². The van der Waals surface area contributed by atoms with E-state index in [9.17, 15) is 0 Å². The average molecular weight is 354 g/mol. The summed E-state index contributed by atoms with van der Waals surface area (Å²) in [5.41, 5.74) is 0.0576. The summed E-state index contributed by atoms with van der Waals surface area (Å²) in [7, 11) is 0. The van der Waals surface area contributed by atoms with Crippen LogP contribution in [0.15, 0.2) is 22.5 Å². The molecule has 1 aliphatic heterocycles. The van der Waals surface area contributed by atoms with Gasteiger partial charge in [-0.25, -0.2) is 0 Å². The van der Waals surface area contributed by atoms with E-state index >= 15 is 0 Å². The van der Waals surface area contributed by atoms with Crippen LogP contribution in [0.2, 0.25) is 0 Å². The molecule has 0 spiro atoms. The molecule has 6 heteroatoms. The van der Waals surface area contributed by atoms with Gasteiger partial charge in [-0.3, -0.25) is 4.99 Å². The third-order valence-corrected chi connectivity index (χ3v) is 5.26. The maximum absolute atomic E-state index is 5.78. The minimum absolute atomic E-state index is 0.0576. The fraction of sp³-hybridized carbons (Fsp3) is 0.722. The SMILES string of the molecule is CCNC(=NCC(C)(C)c1cccs1)NCCCOC1CCOC1. The van der Waals surface area contributed by atoms with Crippen molar-refractivity contribution in [3.8, 4) is 0 Å². The molecule has 1 aliphatic rings. The predicted molar refractivity (Wildman–Crippen MR) is 101 cm³/mol. The van der Waals surface area contributed by atoms with Crippen molar-refractivity contribution in [2.24, 2.45) is 4.99 Å². The highest BCUT2D eigenvalue weighted by Crippen LogP contribution is 2.27. The van der Waals surface area contributed by atoms with Gasteiger partial charge in [0.2, 0.25) is 0 Å². The van der Waals surface area contributed by atoms with E-state index in [0.29, 0.717) is 6.10 Å². The smallest absolute Gasteiger partial charge is 0.191 e. The molecule has 1 aromatic rings. The molecule has 1 unspecified atom stereocenters. The van der Waals surface area contributed by atoms with Gasteiger partial charge in [0, 0.05) is 36.6 Å². The standard InChI is InChI=1S/C18H31N3O2S/c1-4-19-17(20-9-6-10-23-15-8-11-22-13-15)21-14-18(2,3)16-7-5-12-24-16/h5,7,12,15H,4,6,8-11,13-14H2,1-3H3,(H2,19,20,21). The third-order valence-electron chi connectivity index (χ3n) is 4.02. The van der Waals surface area contributed by atoms with Crippen molar-refractivity contribution in [2.45, 2.75) is 45.1 Å². The van der Waals surface area contributed by atoms with Crippen LogP contribution < -0.4 is 10.6 Å². The van der Waals surface area contributed by atoms with Crippen LogP contribution in [0.5, 0.6) is 0 Å². The van der Waals surface area contributed by atoms with Crippen molar-refractivity contribution < 1.29 is 9.47 Å². The highest BCUT2D eigenvalue weighted by molar-refractivity contribution is 7.10. The first kappa shape index (κ1) is 19.2. The molecule has 0 radical (unpaired) electrons. The lowest BCUT2D eigenvalue weighted by Gasteiger charge is -2.22. The number of guanidine groups is 1. The molecule has 0 aliphatic carbocycles. The quantitative estimate of drug-likeness (QED) is 0.407. The first-order valence-electron chi connectivity index (χ1n) is 8.87. The molecule has 0 bridgehead atoms. The van der Waals surface area contributed by atoms with Crippen molar-refractivity contribution in [1.29, 1.82) is 0 Å². The fourth-order valence-corrected chi connectivity index (χ4v) is 3.38.